The molecule has 1 aliphatic rings. The maximum absolute atomic E-state index is 10.0. The number of benzene rings is 1. The van der Waals surface area contributed by atoms with Gasteiger partial charge in [0.2, 0.25) is 0 Å². The van der Waals surface area contributed by atoms with Gasteiger partial charge in [-0.3, -0.25) is 0 Å². The van der Waals surface area contributed by atoms with Crippen LogP contribution in [0.15, 0.2) is 18.2 Å². The summed E-state index contributed by atoms with van der Waals surface area (Å²) >= 11 is 0. The number of rotatable bonds is 4. The van der Waals surface area contributed by atoms with Crippen molar-refractivity contribution in [3.05, 3.63) is 23.8 Å². The quantitative estimate of drug-likeness (QED) is 0.873. The first-order valence-corrected chi connectivity index (χ1v) is 6.30. The van der Waals surface area contributed by atoms with Gasteiger partial charge in [-0.05, 0) is 24.1 Å². The Morgan fingerprint density at radius 3 is 2.65 bits per heavy atom. The molecule has 2 rings (SSSR count). The molecule has 1 N–H and O–H groups in total. The predicted octanol–water partition coefficient (Wildman–Crippen LogP) is 2.72. The van der Waals surface area contributed by atoms with Gasteiger partial charge in [0.25, 0.3) is 0 Å². The zero-order valence-electron chi connectivity index (χ0n) is 10.5. The normalized spacial score (nSPS) is 17.6. The number of hydrogen-bond donors (Lipinski definition) is 1. The molecule has 0 aliphatic carbocycles. The van der Waals surface area contributed by atoms with E-state index < -0.39 is 0 Å². The number of aliphatic hydroxyl groups is 1. The van der Waals surface area contributed by atoms with Gasteiger partial charge in [-0.1, -0.05) is 26.3 Å². The summed E-state index contributed by atoms with van der Waals surface area (Å²) in [5.41, 5.74) is 1.11. The Bertz CT molecular complexity index is 376. The van der Waals surface area contributed by atoms with Crippen LogP contribution in [-0.2, 0) is 0 Å². The minimum Gasteiger partial charge on any atom is -0.486 e. The smallest absolute Gasteiger partial charge is 0.161 e. The summed E-state index contributed by atoms with van der Waals surface area (Å²) in [4.78, 5) is 0. The van der Waals surface area contributed by atoms with Gasteiger partial charge in [0, 0.05) is 5.92 Å². The van der Waals surface area contributed by atoms with Gasteiger partial charge in [-0.2, -0.15) is 0 Å². The molecular weight excluding hydrogens is 216 g/mol. The lowest BCUT2D eigenvalue weighted by Gasteiger charge is -2.22. The molecule has 0 radical (unpaired) electrons. The maximum atomic E-state index is 10.0. The number of hydrogen-bond acceptors (Lipinski definition) is 3. The third-order valence-electron chi connectivity index (χ3n) is 3.25. The molecule has 0 fully saturated rings. The SMILES string of the molecule is CCCC(O)C(C)c1ccc2c(c1)OCCO2. The minimum atomic E-state index is -0.289. The number of fused-ring (bicyclic) bond motifs is 1. The molecule has 1 aromatic rings. The minimum absolute atomic E-state index is 0.130. The first-order valence-electron chi connectivity index (χ1n) is 6.30. The van der Waals surface area contributed by atoms with Gasteiger partial charge in [0.1, 0.15) is 13.2 Å². The van der Waals surface area contributed by atoms with E-state index in [2.05, 4.69) is 6.92 Å². The Balaban J connectivity index is 2.15. The average molecular weight is 236 g/mol. The monoisotopic (exact) mass is 236 g/mol. The van der Waals surface area contributed by atoms with E-state index in [0.717, 1.165) is 29.9 Å². The topological polar surface area (TPSA) is 38.7 Å². The Morgan fingerprint density at radius 2 is 1.94 bits per heavy atom. The fourth-order valence-electron chi connectivity index (χ4n) is 2.11. The van der Waals surface area contributed by atoms with Crippen LogP contribution in [0.3, 0.4) is 0 Å². The van der Waals surface area contributed by atoms with E-state index in [-0.39, 0.29) is 12.0 Å². The lowest BCUT2D eigenvalue weighted by Crippen LogP contribution is -2.18. The maximum Gasteiger partial charge on any atom is 0.161 e. The zero-order chi connectivity index (χ0) is 12.3. The van der Waals surface area contributed by atoms with E-state index in [0.29, 0.717) is 13.2 Å². The highest BCUT2D eigenvalue weighted by Gasteiger charge is 2.18. The highest BCUT2D eigenvalue weighted by Crippen LogP contribution is 2.34. The molecule has 0 saturated carbocycles. The summed E-state index contributed by atoms with van der Waals surface area (Å²) in [6, 6.07) is 5.92. The largest absolute Gasteiger partial charge is 0.486 e. The molecule has 1 aliphatic heterocycles. The fraction of sp³-hybridized carbons (Fsp3) is 0.571. The highest BCUT2D eigenvalue weighted by molar-refractivity contribution is 5.44. The lowest BCUT2D eigenvalue weighted by molar-refractivity contribution is 0.138. The van der Waals surface area contributed by atoms with Gasteiger partial charge in [-0.15, -0.1) is 0 Å². The van der Waals surface area contributed by atoms with Crippen molar-refractivity contribution < 1.29 is 14.6 Å². The average Bonchev–Trinajstić information content (AvgIpc) is 2.37. The molecule has 0 spiro atoms. The van der Waals surface area contributed by atoms with E-state index in [1.165, 1.54) is 0 Å². The summed E-state index contributed by atoms with van der Waals surface area (Å²) in [7, 11) is 0. The molecule has 94 valence electrons. The summed E-state index contributed by atoms with van der Waals surface area (Å²) in [6.45, 7) is 5.34. The lowest BCUT2D eigenvalue weighted by atomic mass is 9.92. The molecular formula is C14H20O3. The molecule has 0 aromatic heterocycles. The number of ether oxygens (including phenoxy) is 2. The molecule has 3 nitrogen and oxygen atoms in total. The van der Waals surface area contributed by atoms with Crippen molar-refractivity contribution in [1.29, 1.82) is 0 Å². The van der Waals surface area contributed by atoms with Crippen LogP contribution < -0.4 is 9.47 Å². The van der Waals surface area contributed by atoms with E-state index in [1.54, 1.807) is 0 Å². The van der Waals surface area contributed by atoms with Crippen molar-refractivity contribution in [1.82, 2.24) is 0 Å². The van der Waals surface area contributed by atoms with Crippen molar-refractivity contribution in [3.8, 4) is 11.5 Å². The van der Waals surface area contributed by atoms with Gasteiger partial charge in [0.05, 0.1) is 6.10 Å². The summed E-state index contributed by atoms with van der Waals surface area (Å²) in [5.74, 6) is 1.73. The van der Waals surface area contributed by atoms with E-state index >= 15 is 0 Å². The van der Waals surface area contributed by atoms with Crippen LogP contribution in [-0.4, -0.2) is 24.4 Å². The third-order valence-corrected chi connectivity index (χ3v) is 3.25. The zero-order valence-corrected chi connectivity index (χ0v) is 10.5. The predicted molar refractivity (Wildman–Crippen MR) is 66.8 cm³/mol. The van der Waals surface area contributed by atoms with Gasteiger partial charge in [0.15, 0.2) is 11.5 Å². The molecule has 17 heavy (non-hydrogen) atoms. The van der Waals surface area contributed by atoms with Crippen molar-refractivity contribution in [2.24, 2.45) is 0 Å². The van der Waals surface area contributed by atoms with Crippen LogP contribution in [0, 0.1) is 0 Å². The molecule has 1 aromatic carbocycles. The first kappa shape index (κ1) is 12.2. The molecule has 2 unspecified atom stereocenters. The second-order valence-electron chi connectivity index (χ2n) is 4.55. The van der Waals surface area contributed by atoms with Gasteiger partial charge >= 0.3 is 0 Å². The van der Waals surface area contributed by atoms with Crippen LogP contribution in [0.5, 0.6) is 11.5 Å². The van der Waals surface area contributed by atoms with Gasteiger partial charge in [-0.25, -0.2) is 0 Å². The molecule has 0 amide bonds. The Hall–Kier alpha value is -1.22. The van der Waals surface area contributed by atoms with Crippen molar-refractivity contribution in [2.75, 3.05) is 13.2 Å². The molecule has 0 saturated heterocycles. The van der Waals surface area contributed by atoms with Crippen molar-refractivity contribution in [3.63, 3.8) is 0 Å². The van der Waals surface area contributed by atoms with Crippen LogP contribution >= 0.6 is 0 Å². The van der Waals surface area contributed by atoms with Gasteiger partial charge < -0.3 is 14.6 Å². The molecule has 3 heteroatoms. The molecule has 2 atom stereocenters. The Morgan fingerprint density at radius 1 is 1.24 bits per heavy atom. The van der Waals surface area contributed by atoms with E-state index in [9.17, 15) is 5.11 Å². The second-order valence-corrected chi connectivity index (χ2v) is 4.55. The Labute approximate surface area is 102 Å². The molecule has 1 heterocycles. The Kier molecular flexibility index (Phi) is 3.89. The third kappa shape index (κ3) is 2.72. The van der Waals surface area contributed by atoms with Crippen LogP contribution in [0.2, 0.25) is 0 Å². The van der Waals surface area contributed by atoms with Crippen molar-refractivity contribution in [2.45, 2.75) is 38.7 Å². The van der Waals surface area contributed by atoms with E-state index in [4.69, 9.17) is 9.47 Å². The summed E-state index contributed by atoms with van der Waals surface area (Å²) in [5, 5.41) is 10.0. The number of aliphatic hydroxyl groups excluding tert-OH is 1. The fourth-order valence-corrected chi connectivity index (χ4v) is 2.11. The second kappa shape index (κ2) is 5.41. The van der Waals surface area contributed by atoms with Crippen molar-refractivity contribution >= 4 is 0 Å². The van der Waals surface area contributed by atoms with Crippen LogP contribution in [0.25, 0.3) is 0 Å². The first-order chi connectivity index (χ1) is 8.22. The summed E-state index contributed by atoms with van der Waals surface area (Å²) < 4.78 is 11.0. The van der Waals surface area contributed by atoms with Crippen LogP contribution in [0.4, 0.5) is 0 Å². The standard InChI is InChI=1S/C14H20O3/c1-3-4-12(15)10(2)11-5-6-13-14(9-11)17-8-7-16-13/h5-6,9-10,12,15H,3-4,7-8H2,1-2H3. The molecule has 0 bridgehead atoms. The van der Waals surface area contributed by atoms with E-state index in [1.807, 2.05) is 25.1 Å². The highest BCUT2D eigenvalue weighted by atomic mass is 16.6. The van der Waals surface area contributed by atoms with Crippen LogP contribution in [0.1, 0.15) is 38.2 Å². The summed E-state index contributed by atoms with van der Waals surface area (Å²) in [6.07, 6.45) is 1.54.